The third kappa shape index (κ3) is 9.16. The monoisotopic (exact) mass is 522 g/mol. The van der Waals surface area contributed by atoms with E-state index in [-0.39, 0.29) is 30.6 Å². The Balaban J connectivity index is 0.00000306. The maximum Gasteiger partial charge on any atom is 0.326 e. The Bertz CT molecular complexity index is 1110. The number of nitrogens with one attached hydrogen (secondary N) is 1. The van der Waals surface area contributed by atoms with Crippen molar-refractivity contribution in [2.75, 3.05) is 6.54 Å². The summed E-state index contributed by atoms with van der Waals surface area (Å²) >= 11 is 0. The topological polar surface area (TPSA) is 110 Å². The molecule has 3 aromatic rings. The Morgan fingerprint density at radius 3 is 2.49 bits per heavy atom. The van der Waals surface area contributed by atoms with E-state index in [1.165, 1.54) is 12.1 Å². The number of aliphatic carboxylic acids is 1. The number of carboxylic acids is 1. The van der Waals surface area contributed by atoms with E-state index in [2.05, 4.69) is 10.3 Å². The fourth-order valence-electron chi connectivity index (χ4n) is 3.42. The van der Waals surface area contributed by atoms with Crippen LogP contribution in [0.3, 0.4) is 0 Å². The Morgan fingerprint density at radius 2 is 1.86 bits per heavy atom. The highest BCUT2D eigenvalue weighted by atomic mass is 35.5. The van der Waals surface area contributed by atoms with Crippen molar-refractivity contribution < 1.29 is 19.1 Å². The van der Waals surface area contributed by atoms with Gasteiger partial charge < -0.3 is 20.7 Å². The fourth-order valence-corrected chi connectivity index (χ4v) is 3.42. The molecule has 0 fully saturated rings. The molecule has 0 unspecified atom stereocenters. The van der Waals surface area contributed by atoms with Gasteiger partial charge in [-0.25, -0.2) is 14.2 Å². The molecular formula is C25H29Cl2FN4O3. The standard InChI is InChI=1S/C25H27FN4O3.2ClH/c26-22-9-7-19(8-10-22)21(16-30-13-12-28-17-30)15-18-4-3-5-20(14-18)24(31)29-23(25(32)33)6-1-2-11-27;;/h3-5,7-10,12-15,17,23H,1-2,6,11,16,27H2,(H,29,31)(H,32,33);2*1H/t23-;;/m0../s1. The highest BCUT2D eigenvalue weighted by Crippen LogP contribution is 2.21. The highest BCUT2D eigenvalue weighted by molar-refractivity contribution is 5.97. The van der Waals surface area contributed by atoms with Gasteiger partial charge in [0.25, 0.3) is 5.91 Å². The van der Waals surface area contributed by atoms with Gasteiger partial charge in [-0.1, -0.05) is 24.3 Å². The van der Waals surface area contributed by atoms with Crippen LogP contribution >= 0.6 is 24.8 Å². The minimum Gasteiger partial charge on any atom is -0.480 e. The van der Waals surface area contributed by atoms with Crippen molar-refractivity contribution in [3.8, 4) is 0 Å². The molecule has 0 spiro atoms. The maximum atomic E-state index is 13.4. The van der Waals surface area contributed by atoms with Gasteiger partial charge in [-0.15, -0.1) is 24.8 Å². The zero-order valence-corrected chi connectivity index (χ0v) is 20.6. The molecule has 1 aromatic heterocycles. The molecule has 1 amide bonds. The minimum atomic E-state index is -1.07. The molecular weight excluding hydrogens is 494 g/mol. The third-order valence-corrected chi connectivity index (χ3v) is 5.17. The quantitative estimate of drug-likeness (QED) is 0.255. The van der Waals surface area contributed by atoms with E-state index in [1.54, 1.807) is 42.9 Å². The molecule has 10 heteroatoms. The summed E-state index contributed by atoms with van der Waals surface area (Å²) in [6.45, 7) is 0.981. The van der Waals surface area contributed by atoms with Gasteiger partial charge in [-0.2, -0.15) is 0 Å². The molecule has 0 aliphatic carbocycles. The van der Waals surface area contributed by atoms with E-state index >= 15 is 0 Å². The second-order valence-electron chi connectivity index (χ2n) is 7.69. The normalized spacial score (nSPS) is 11.7. The van der Waals surface area contributed by atoms with Crippen molar-refractivity contribution >= 4 is 48.3 Å². The highest BCUT2D eigenvalue weighted by Gasteiger charge is 2.20. The lowest BCUT2D eigenvalue weighted by Crippen LogP contribution is -2.40. The number of benzene rings is 2. The first-order valence-electron chi connectivity index (χ1n) is 10.7. The molecule has 2 aromatic carbocycles. The predicted molar refractivity (Wildman–Crippen MR) is 139 cm³/mol. The molecule has 4 N–H and O–H groups in total. The number of amides is 1. The second-order valence-corrected chi connectivity index (χ2v) is 7.69. The van der Waals surface area contributed by atoms with Crippen molar-refractivity contribution in [3.63, 3.8) is 0 Å². The van der Waals surface area contributed by atoms with Crippen LogP contribution in [0, 0.1) is 5.82 Å². The van der Waals surface area contributed by atoms with Crippen LogP contribution in [0.5, 0.6) is 0 Å². The Hall–Kier alpha value is -3.20. The van der Waals surface area contributed by atoms with E-state index in [0.29, 0.717) is 37.9 Å². The number of unbranched alkanes of at least 4 members (excludes halogenated alkanes) is 1. The number of rotatable bonds is 11. The first-order chi connectivity index (χ1) is 16.0. The minimum absolute atomic E-state index is 0. The number of allylic oxidation sites excluding steroid dienone is 1. The number of carboxylic acid groups (broad SMARTS) is 1. The largest absolute Gasteiger partial charge is 0.480 e. The zero-order chi connectivity index (χ0) is 23.6. The van der Waals surface area contributed by atoms with Crippen LogP contribution in [-0.4, -0.2) is 39.1 Å². The lowest BCUT2D eigenvalue weighted by atomic mass is 10.0. The number of carbonyl (C=O) groups is 2. The summed E-state index contributed by atoms with van der Waals surface area (Å²) in [6, 6.07) is 12.2. The summed E-state index contributed by atoms with van der Waals surface area (Å²) in [6.07, 6.45) is 8.75. The van der Waals surface area contributed by atoms with Gasteiger partial charge in [0.15, 0.2) is 0 Å². The van der Waals surface area contributed by atoms with Crippen LogP contribution in [0.1, 0.15) is 40.7 Å². The summed E-state index contributed by atoms with van der Waals surface area (Å²) in [5.41, 5.74) is 8.32. The molecule has 188 valence electrons. The number of carbonyl (C=O) groups excluding carboxylic acids is 1. The SMILES string of the molecule is Cl.Cl.NCCCC[C@H](NC(=O)c1cccc(C=C(Cn2ccnc2)c2ccc(F)cc2)c1)C(=O)O. The van der Waals surface area contributed by atoms with E-state index in [9.17, 15) is 19.1 Å². The Morgan fingerprint density at radius 1 is 1.11 bits per heavy atom. The van der Waals surface area contributed by atoms with Gasteiger partial charge >= 0.3 is 5.97 Å². The molecule has 1 heterocycles. The lowest BCUT2D eigenvalue weighted by molar-refractivity contribution is -0.139. The van der Waals surface area contributed by atoms with Crippen LogP contribution in [-0.2, 0) is 11.3 Å². The van der Waals surface area contributed by atoms with Crippen LogP contribution in [0.4, 0.5) is 4.39 Å². The van der Waals surface area contributed by atoms with E-state index in [1.807, 2.05) is 22.9 Å². The van der Waals surface area contributed by atoms with Crippen molar-refractivity contribution in [1.29, 1.82) is 0 Å². The van der Waals surface area contributed by atoms with Gasteiger partial charge in [-0.05, 0) is 72.8 Å². The van der Waals surface area contributed by atoms with E-state index in [0.717, 1.165) is 16.7 Å². The number of hydrogen-bond donors (Lipinski definition) is 3. The van der Waals surface area contributed by atoms with Crippen molar-refractivity contribution in [3.05, 3.63) is 89.8 Å². The molecule has 0 aliphatic heterocycles. The van der Waals surface area contributed by atoms with Gasteiger partial charge in [0.05, 0.1) is 6.33 Å². The van der Waals surface area contributed by atoms with E-state index < -0.39 is 17.9 Å². The molecule has 0 saturated heterocycles. The molecule has 35 heavy (non-hydrogen) atoms. The molecule has 0 aliphatic rings. The number of hydrogen-bond acceptors (Lipinski definition) is 4. The van der Waals surface area contributed by atoms with Gasteiger partial charge in [0.2, 0.25) is 0 Å². The number of imidazole rings is 1. The lowest BCUT2D eigenvalue weighted by Gasteiger charge is -2.15. The molecule has 3 rings (SSSR count). The smallest absolute Gasteiger partial charge is 0.326 e. The maximum absolute atomic E-state index is 13.4. The number of halogens is 3. The Labute approximate surface area is 216 Å². The van der Waals surface area contributed by atoms with E-state index in [4.69, 9.17) is 5.73 Å². The molecule has 1 atom stereocenters. The molecule has 0 saturated carbocycles. The van der Waals surface area contributed by atoms with Crippen molar-refractivity contribution in [2.45, 2.75) is 31.8 Å². The summed E-state index contributed by atoms with van der Waals surface area (Å²) in [7, 11) is 0. The number of nitrogens with two attached hydrogens (primary N) is 1. The van der Waals surface area contributed by atoms with Crippen LogP contribution in [0.15, 0.2) is 67.3 Å². The summed E-state index contributed by atoms with van der Waals surface area (Å²) in [5, 5.41) is 12.0. The second kappa shape index (κ2) is 14.9. The first kappa shape index (κ1) is 29.8. The fraction of sp³-hybridized carbons (Fsp3) is 0.240. The zero-order valence-electron chi connectivity index (χ0n) is 19.0. The van der Waals surface area contributed by atoms with Crippen LogP contribution in [0.2, 0.25) is 0 Å². The first-order valence-corrected chi connectivity index (χ1v) is 10.7. The van der Waals surface area contributed by atoms with Crippen LogP contribution < -0.4 is 11.1 Å². The molecule has 0 radical (unpaired) electrons. The number of aromatic nitrogens is 2. The number of nitrogens with zero attached hydrogens (tertiary/aromatic N) is 2. The molecule has 0 bridgehead atoms. The average Bonchev–Trinajstić information content (AvgIpc) is 3.32. The average molecular weight is 523 g/mol. The summed E-state index contributed by atoms with van der Waals surface area (Å²) < 4.78 is 15.3. The predicted octanol–water partition coefficient (Wildman–Crippen LogP) is 4.42. The molecule has 7 nitrogen and oxygen atoms in total. The van der Waals surface area contributed by atoms with Crippen LogP contribution in [0.25, 0.3) is 11.6 Å². The third-order valence-electron chi connectivity index (χ3n) is 5.17. The summed E-state index contributed by atoms with van der Waals surface area (Å²) in [4.78, 5) is 28.3. The van der Waals surface area contributed by atoms with Gasteiger partial charge in [0, 0.05) is 24.5 Å². The van der Waals surface area contributed by atoms with Gasteiger partial charge in [-0.3, -0.25) is 4.79 Å². The van der Waals surface area contributed by atoms with Gasteiger partial charge in [0.1, 0.15) is 11.9 Å². The van der Waals surface area contributed by atoms with Crippen molar-refractivity contribution in [2.24, 2.45) is 5.73 Å². The van der Waals surface area contributed by atoms with Crippen molar-refractivity contribution in [1.82, 2.24) is 14.9 Å². The summed E-state index contributed by atoms with van der Waals surface area (Å²) in [5.74, 6) is -1.85. The Kier molecular flexibility index (Phi) is 12.7.